The number of likely N-dealkylation sites (N-methyl/N-ethyl adjacent to an activating group) is 1. The van der Waals surface area contributed by atoms with Gasteiger partial charge >= 0.3 is 5.69 Å². The van der Waals surface area contributed by atoms with E-state index in [-0.39, 0.29) is 11.7 Å². The molecule has 0 aliphatic carbocycles. The van der Waals surface area contributed by atoms with Gasteiger partial charge in [-0.1, -0.05) is 6.07 Å². The summed E-state index contributed by atoms with van der Waals surface area (Å²) in [7, 11) is 1.78. The van der Waals surface area contributed by atoms with E-state index in [1.165, 1.54) is 12.1 Å². The minimum Gasteiger partial charge on any atom is -0.378 e. The molecule has 0 fully saturated rings. The molecule has 0 saturated heterocycles. The number of halogens is 1. The maximum Gasteiger partial charge on any atom is 0.327 e. The van der Waals surface area contributed by atoms with Crippen molar-refractivity contribution in [2.45, 2.75) is 13.0 Å². The molecule has 1 aromatic carbocycles. The highest BCUT2D eigenvalue weighted by molar-refractivity contribution is 5.61. The van der Waals surface area contributed by atoms with Crippen molar-refractivity contribution in [3.8, 4) is 0 Å². The van der Waals surface area contributed by atoms with Crippen LogP contribution in [0.3, 0.4) is 0 Å². The summed E-state index contributed by atoms with van der Waals surface area (Å²) in [5, 5.41) is 16.5. The molecule has 2 N–H and O–H groups in total. The van der Waals surface area contributed by atoms with Crippen molar-refractivity contribution in [1.82, 2.24) is 5.32 Å². The third-order valence-corrected chi connectivity index (χ3v) is 2.26. The fourth-order valence-electron chi connectivity index (χ4n) is 1.21. The molecule has 0 heterocycles. The first-order valence-corrected chi connectivity index (χ1v) is 4.90. The predicted molar refractivity (Wildman–Crippen MR) is 60.1 cm³/mol. The van der Waals surface area contributed by atoms with E-state index in [1.807, 2.05) is 6.92 Å². The molecule has 0 aliphatic heterocycles. The van der Waals surface area contributed by atoms with Crippen LogP contribution in [0.4, 0.5) is 15.8 Å². The Balaban J connectivity index is 2.87. The standard InChI is InChI=1S/C10H14FN3O2/c1-7(12-2)6-13-9-5-3-4-8(11)10(9)14(15)16/h3-5,7,12-13H,6H2,1-2H3. The summed E-state index contributed by atoms with van der Waals surface area (Å²) in [6, 6.07) is 4.14. The van der Waals surface area contributed by atoms with Crippen LogP contribution in [0, 0.1) is 15.9 Å². The summed E-state index contributed by atoms with van der Waals surface area (Å²) in [6.45, 7) is 2.40. The number of hydrogen-bond acceptors (Lipinski definition) is 4. The number of nitrogens with one attached hydrogen (secondary N) is 2. The summed E-state index contributed by atoms with van der Waals surface area (Å²) < 4.78 is 13.2. The second kappa shape index (κ2) is 5.41. The lowest BCUT2D eigenvalue weighted by Gasteiger charge is -2.12. The summed E-state index contributed by atoms with van der Waals surface area (Å²) in [6.07, 6.45) is 0. The number of nitro benzene ring substituents is 1. The number of rotatable bonds is 5. The Morgan fingerprint density at radius 1 is 1.56 bits per heavy atom. The highest BCUT2D eigenvalue weighted by Gasteiger charge is 2.19. The minimum atomic E-state index is -0.827. The molecule has 88 valence electrons. The van der Waals surface area contributed by atoms with Gasteiger partial charge in [0.05, 0.1) is 4.92 Å². The monoisotopic (exact) mass is 227 g/mol. The first-order chi connectivity index (χ1) is 7.56. The number of hydrogen-bond donors (Lipinski definition) is 2. The smallest absolute Gasteiger partial charge is 0.327 e. The third kappa shape index (κ3) is 2.90. The van der Waals surface area contributed by atoms with Gasteiger partial charge in [0.1, 0.15) is 5.69 Å². The van der Waals surface area contributed by atoms with E-state index in [0.29, 0.717) is 6.54 Å². The number of anilines is 1. The molecule has 0 saturated carbocycles. The van der Waals surface area contributed by atoms with Gasteiger partial charge in [0.25, 0.3) is 0 Å². The SMILES string of the molecule is CNC(C)CNc1cccc(F)c1[N+](=O)[O-]. The molecular weight excluding hydrogens is 213 g/mol. The first-order valence-electron chi connectivity index (χ1n) is 4.90. The molecule has 0 aliphatic rings. The van der Waals surface area contributed by atoms with Crippen molar-refractivity contribution < 1.29 is 9.31 Å². The Bertz CT molecular complexity index is 384. The van der Waals surface area contributed by atoms with E-state index in [1.54, 1.807) is 7.05 Å². The summed E-state index contributed by atoms with van der Waals surface area (Å²) in [5.74, 6) is -0.827. The fourth-order valence-corrected chi connectivity index (χ4v) is 1.21. The van der Waals surface area contributed by atoms with E-state index in [0.717, 1.165) is 6.07 Å². The largest absolute Gasteiger partial charge is 0.378 e. The van der Waals surface area contributed by atoms with Gasteiger partial charge in [0.15, 0.2) is 0 Å². The molecule has 0 amide bonds. The van der Waals surface area contributed by atoms with Gasteiger partial charge in [0, 0.05) is 12.6 Å². The van der Waals surface area contributed by atoms with Crippen LogP contribution < -0.4 is 10.6 Å². The molecule has 0 aromatic heterocycles. The van der Waals surface area contributed by atoms with Crippen LogP contribution in [-0.2, 0) is 0 Å². The van der Waals surface area contributed by atoms with E-state index in [4.69, 9.17) is 0 Å². The molecule has 0 spiro atoms. The van der Waals surface area contributed by atoms with Crippen LogP contribution >= 0.6 is 0 Å². The topological polar surface area (TPSA) is 67.2 Å². The number of para-hydroxylation sites is 1. The fraction of sp³-hybridized carbons (Fsp3) is 0.400. The molecule has 1 unspecified atom stereocenters. The molecule has 1 rings (SSSR count). The van der Waals surface area contributed by atoms with Gasteiger partial charge in [-0.3, -0.25) is 10.1 Å². The molecule has 0 bridgehead atoms. The van der Waals surface area contributed by atoms with Crippen LogP contribution in [0.25, 0.3) is 0 Å². The van der Waals surface area contributed by atoms with Gasteiger partial charge in [-0.25, -0.2) is 0 Å². The van der Waals surface area contributed by atoms with E-state index in [9.17, 15) is 14.5 Å². The van der Waals surface area contributed by atoms with Crippen molar-refractivity contribution in [1.29, 1.82) is 0 Å². The zero-order valence-electron chi connectivity index (χ0n) is 9.16. The van der Waals surface area contributed by atoms with E-state index in [2.05, 4.69) is 10.6 Å². The second-order valence-corrected chi connectivity index (χ2v) is 3.46. The maximum atomic E-state index is 13.2. The normalized spacial score (nSPS) is 12.2. The summed E-state index contributed by atoms with van der Waals surface area (Å²) >= 11 is 0. The lowest BCUT2D eigenvalue weighted by atomic mass is 10.2. The van der Waals surface area contributed by atoms with E-state index >= 15 is 0 Å². The molecule has 0 radical (unpaired) electrons. The zero-order valence-corrected chi connectivity index (χ0v) is 9.16. The average molecular weight is 227 g/mol. The van der Waals surface area contributed by atoms with Gasteiger partial charge in [-0.05, 0) is 26.1 Å². The number of nitro groups is 1. The number of benzene rings is 1. The van der Waals surface area contributed by atoms with Gasteiger partial charge in [-0.2, -0.15) is 4.39 Å². The molecular formula is C10H14FN3O2. The molecule has 1 aromatic rings. The Hall–Kier alpha value is -1.69. The molecule has 6 heteroatoms. The predicted octanol–water partition coefficient (Wildman–Crippen LogP) is 1.75. The average Bonchev–Trinajstić information content (AvgIpc) is 2.25. The second-order valence-electron chi connectivity index (χ2n) is 3.46. The van der Waals surface area contributed by atoms with Crippen molar-refractivity contribution in [2.75, 3.05) is 18.9 Å². The quantitative estimate of drug-likeness (QED) is 0.594. The zero-order chi connectivity index (χ0) is 12.1. The third-order valence-electron chi connectivity index (χ3n) is 2.26. The highest BCUT2D eigenvalue weighted by Crippen LogP contribution is 2.26. The van der Waals surface area contributed by atoms with Crippen LogP contribution in [0.15, 0.2) is 18.2 Å². The molecule has 5 nitrogen and oxygen atoms in total. The Labute approximate surface area is 92.8 Å². The van der Waals surface area contributed by atoms with Gasteiger partial charge in [-0.15, -0.1) is 0 Å². The van der Waals surface area contributed by atoms with Crippen molar-refractivity contribution in [2.24, 2.45) is 0 Å². The van der Waals surface area contributed by atoms with E-state index < -0.39 is 16.4 Å². The Morgan fingerprint density at radius 3 is 2.81 bits per heavy atom. The van der Waals surface area contributed by atoms with Crippen LogP contribution in [0.2, 0.25) is 0 Å². The number of nitrogens with zero attached hydrogens (tertiary/aromatic N) is 1. The lowest BCUT2D eigenvalue weighted by Crippen LogP contribution is -2.29. The molecule has 1 atom stereocenters. The van der Waals surface area contributed by atoms with Crippen molar-refractivity contribution in [3.63, 3.8) is 0 Å². The van der Waals surface area contributed by atoms with Gasteiger partial charge < -0.3 is 10.6 Å². The van der Waals surface area contributed by atoms with Crippen molar-refractivity contribution in [3.05, 3.63) is 34.1 Å². The van der Waals surface area contributed by atoms with Crippen LogP contribution in [0.5, 0.6) is 0 Å². The molecule has 16 heavy (non-hydrogen) atoms. The maximum absolute atomic E-state index is 13.2. The highest BCUT2D eigenvalue weighted by atomic mass is 19.1. The first kappa shape index (κ1) is 12.4. The lowest BCUT2D eigenvalue weighted by molar-refractivity contribution is -0.386. The van der Waals surface area contributed by atoms with Crippen molar-refractivity contribution >= 4 is 11.4 Å². The van der Waals surface area contributed by atoms with Crippen LogP contribution in [-0.4, -0.2) is 24.6 Å². The summed E-state index contributed by atoms with van der Waals surface area (Å²) in [5.41, 5.74) is -0.307. The van der Waals surface area contributed by atoms with Crippen LogP contribution in [0.1, 0.15) is 6.92 Å². The summed E-state index contributed by atoms with van der Waals surface area (Å²) in [4.78, 5) is 9.95. The minimum absolute atomic E-state index is 0.142. The Morgan fingerprint density at radius 2 is 2.25 bits per heavy atom. The van der Waals surface area contributed by atoms with Gasteiger partial charge in [0.2, 0.25) is 5.82 Å². The Kier molecular flexibility index (Phi) is 4.19.